The number of imide groups is 1. The van der Waals surface area contributed by atoms with Gasteiger partial charge in [-0.2, -0.15) is 0 Å². The first kappa shape index (κ1) is 15.1. The van der Waals surface area contributed by atoms with E-state index in [0.29, 0.717) is 11.1 Å². The van der Waals surface area contributed by atoms with Gasteiger partial charge in [0.1, 0.15) is 0 Å². The molecule has 0 radical (unpaired) electrons. The Hall–Kier alpha value is -2.83. The highest BCUT2D eigenvalue weighted by molar-refractivity contribution is 6.26. The zero-order valence-electron chi connectivity index (χ0n) is 12.9. The fourth-order valence-electron chi connectivity index (χ4n) is 2.99. The van der Waals surface area contributed by atoms with Crippen molar-refractivity contribution in [3.63, 3.8) is 0 Å². The second-order valence-corrected chi connectivity index (χ2v) is 5.87. The molecule has 2 aliphatic heterocycles. The molecule has 0 aromatic heterocycles. The minimum Gasteiger partial charge on any atom is -0.463 e. The van der Waals surface area contributed by atoms with Crippen LogP contribution in [0.3, 0.4) is 0 Å². The van der Waals surface area contributed by atoms with Crippen LogP contribution in [0.5, 0.6) is 0 Å². The number of amides is 2. The summed E-state index contributed by atoms with van der Waals surface area (Å²) in [6, 6.07) is 0.545. The van der Waals surface area contributed by atoms with Crippen LogP contribution in [-0.2, 0) is 4.79 Å². The number of carbonyl (C=O) groups excluding carboxylic acids is 1. The smallest absolute Gasteiger partial charge is 0.435 e. The quantitative estimate of drug-likeness (QED) is 0.754. The van der Waals surface area contributed by atoms with Gasteiger partial charge in [-0.25, -0.2) is 4.79 Å². The van der Waals surface area contributed by atoms with Gasteiger partial charge in [0, 0.05) is 12.2 Å². The van der Waals surface area contributed by atoms with Crippen LogP contribution in [0.2, 0.25) is 0 Å². The van der Waals surface area contributed by atoms with E-state index in [1.807, 2.05) is 18.4 Å². The zero-order valence-corrected chi connectivity index (χ0v) is 12.9. The predicted molar refractivity (Wildman–Crippen MR) is 85.3 cm³/mol. The van der Waals surface area contributed by atoms with Crippen molar-refractivity contribution in [3.05, 3.63) is 47.2 Å². The van der Waals surface area contributed by atoms with Gasteiger partial charge in [-0.1, -0.05) is 18.2 Å². The summed E-state index contributed by atoms with van der Waals surface area (Å²) in [6.45, 7) is 4.20. The summed E-state index contributed by atoms with van der Waals surface area (Å²) in [4.78, 5) is 25.3. The Morgan fingerprint density at radius 2 is 2.26 bits per heavy atom. The molecule has 1 atom stereocenters. The summed E-state index contributed by atoms with van der Waals surface area (Å²) in [6.07, 6.45) is 9.18. The van der Waals surface area contributed by atoms with Crippen molar-refractivity contribution in [1.82, 2.24) is 9.91 Å². The van der Waals surface area contributed by atoms with E-state index < -0.39 is 12.0 Å². The van der Waals surface area contributed by atoms with Crippen LogP contribution in [0.4, 0.5) is 4.79 Å². The highest BCUT2D eigenvalue weighted by Gasteiger charge is 2.36. The van der Waals surface area contributed by atoms with Gasteiger partial charge in [0.05, 0.1) is 11.6 Å². The van der Waals surface area contributed by atoms with Gasteiger partial charge < -0.3 is 15.7 Å². The third-order valence-corrected chi connectivity index (χ3v) is 4.10. The minimum atomic E-state index is -1.44. The van der Waals surface area contributed by atoms with Crippen molar-refractivity contribution in [1.29, 1.82) is 0 Å². The lowest BCUT2D eigenvalue weighted by molar-refractivity contribution is -0.123. The third kappa shape index (κ3) is 2.44. The van der Waals surface area contributed by atoms with Gasteiger partial charge in [0.15, 0.2) is 5.84 Å². The Morgan fingerprint density at radius 3 is 2.87 bits per heavy atom. The molecule has 7 nitrogen and oxygen atoms in total. The number of hydrazone groups is 1. The Labute approximate surface area is 133 Å². The van der Waals surface area contributed by atoms with Crippen molar-refractivity contribution < 1.29 is 14.7 Å². The highest BCUT2D eigenvalue weighted by atomic mass is 16.4. The lowest BCUT2D eigenvalue weighted by atomic mass is 9.94. The Morgan fingerprint density at radius 1 is 1.52 bits per heavy atom. The molecule has 0 saturated heterocycles. The Balaban J connectivity index is 1.98. The van der Waals surface area contributed by atoms with E-state index in [9.17, 15) is 9.59 Å². The molecule has 120 valence electrons. The molecule has 1 aliphatic carbocycles. The second kappa shape index (κ2) is 5.42. The van der Waals surface area contributed by atoms with E-state index in [1.54, 1.807) is 6.08 Å². The molecular formula is C16H18N4O3. The van der Waals surface area contributed by atoms with Gasteiger partial charge in [-0.05, 0) is 37.5 Å². The number of amidine groups is 1. The molecule has 3 rings (SSSR count). The first-order valence-electron chi connectivity index (χ1n) is 7.40. The number of fused-ring (bicyclic) bond motifs is 1. The van der Waals surface area contributed by atoms with Crippen molar-refractivity contribution >= 4 is 17.8 Å². The fraction of sp³-hybridized carbons (Fsp3) is 0.312. The molecule has 0 aromatic rings. The molecular weight excluding hydrogens is 296 g/mol. The molecule has 23 heavy (non-hydrogen) atoms. The van der Waals surface area contributed by atoms with Gasteiger partial charge in [0.25, 0.3) is 5.91 Å². The van der Waals surface area contributed by atoms with E-state index in [0.717, 1.165) is 17.6 Å². The molecule has 2 amide bonds. The summed E-state index contributed by atoms with van der Waals surface area (Å²) < 4.78 is 0. The summed E-state index contributed by atoms with van der Waals surface area (Å²) in [5, 5.41) is 12.9. The number of nitrogens with two attached hydrogens (primary N) is 1. The van der Waals surface area contributed by atoms with Crippen molar-refractivity contribution in [2.24, 2.45) is 10.8 Å². The maximum atomic E-state index is 12.1. The lowest BCUT2D eigenvalue weighted by Gasteiger charge is -2.30. The average Bonchev–Trinajstić information content (AvgIpc) is 3.00. The van der Waals surface area contributed by atoms with E-state index in [2.05, 4.69) is 29.9 Å². The van der Waals surface area contributed by atoms with Crippen molar-refractivity contribution in [2.45, 2.75) is 32.4 Å². The van der Waals surface area contributed by atoms with E-state index in [-0.39, 0.29) is 17.5 Å². The van der Waals surface area contributed by atoms with Gasteiger partial charge in [0.2, 0.25) is 0 Å². The van der Waals surface area contributed by atoms with E-state index >= 15 is 0 Å². The number of allylic oxidation sites excluding steroid dienone is 3. The molecule has 0 saturated carbocycles. The highest BCUT2D eigenvalue weighted by Crippen LogP contribution is 2.35. The third-order valence-electron chi connectivity index (χ3n) is 4.10. The number of hydrogen-bond donors (Lipinski definition) is 2. The van der Waals surface area contributed by atoms with Crippen LogP contribution >= 0.6 is 0 Å². The summed E-state index contributed by atoms with van der Waals surface area (Å²) in [5.74, 6) is -0.799. The van der Waals surface area contributed by atoms with Crippen LogP contribution in [0.25, 0.3) is 0 Å². The predicted octanol–water partition coefficient (Wildman–Crippen LogP) is 1.57. The van der Waals surface area contributed by atoms with Crippen molar-refractivity contribution in [3.8, 4) is 0 Å². The largest absolute Gasteiger partial charge is 0.463 e. The van der Waals surface area contributed by atoms with Crippen LogP contribution in [-0.4, -0.2) is 44.9 Å². The fourth-order valence-corrected chi connectivity index (χ4v) is 2.99. The Bertz CT molecular complexity index is 728. The molecule has 3 N–H and O–H groups in total. The zero-order chi connectivity index (χ0) is 16.7. The van der Waals surface area contributed by atoms with Crippen LogP contribution < -0.4 is 5.73 Å². The number of carboxylic acid groups (broad SMARTS) is 1. The maximum Gasteiger partial charge on any atom is 0.435 e. The molecule has 0 bridgehead atoms. The van der Waals surface area contributed by atoms with Crippen LogP contribution in [0, 0.1) is 0 Å². The molecule has 7 heteroatoms. The molecule has 0 fully saturated rings. The number of nitrogens with zero attached hydrogens (tertiary/aromatic N) is 3. The minimum absolute atomic E-state index is 0.0789. The normalized spacial score (nSPS) is 25.0. The second-order valence-electron chi connectivity index (χ2n) is 5.87. The molecule has 0 spiro atoms. The van der Waals surface area contributed by atoms with Crippen LogP contribution in [0.15, 0.2) is 52.3 Å². The van der Waals surface area contributed by atoms with Gasteiger partial charge in [-0.3, -0.25) is 4.79 Å². The van der Waals surface area contributed by atoms with E-state index in [1.165, 1.54) is 0 Å². The molecule has 1 unspecified atom stereocenters. The molecule has 2 heterocycles. The summed E-state index contributed by atoms with van der Waals surface area (Å²) >= 11 is 0. The first-order valence-corrected chi connectivity index (χ1v) is 7.40. The van der Waals surface area contributed by atoms with E-state index in [4.69, 9.17) is 10.8 Å². The number of carbonyl (C=O) groups is 2. The summed E-state index contributed by atoms with van der Waals surface area (Å²) in [5.41, 5.74) is 7.79. The molecule has 3 aliphatic rings. The SMILES string of the molecule is CC(C)N1C=C(/C=C2\C(=O)N(C(=O)O)N=C2N)C2=CC=CCC21. The Kier molecular flexibility index (Phi) is 3.55. The first-order chi connectivity index (χ1) is 10.9. The molecule has 0 aromatic carbocycles. The number of rotatable bonds is 2. The topological polar surface area (TPSA) is 99.2 Å². The van der Waals surface area contributed by atoms with Gasteiger partial charge >= 0.3 is 6.09 Å². The van der Waals surface area contributed by atoms with Crippen LogP contribution in [0.1, 0.15) is 20.3 Å². The maximum absolute atomic E-state index is 12.1. The average molecular weight is 314 g/mol. The number of hydrogen-bond acceptors (Lipinski definition) is 5. The lowest BCUT2D eigenvalue weighted by Crippen LogP contribution is -2.33. The monoisotopic (exact) mass is 314 g/mol. The standard InChI is InChI=1S/C16H18N4O3/c1-9(2)19-8-10(11-5-3-4-6-13(11)19)7-12-14(17)18-20(15(12)21)16(22)23/h3-5,7-9,13H,6H2,1-2H3,(H2,17,18)(H,22,23)/b12-7-. The van der Waals surface area contributed by atoms with Gasteiger partial charge in [-0.15, -0.1) is 10.1 Å². The van der Waals surface area contributed by atoms with Crippen molar-refractivity contribution in [2.75, 3.05) is 0 Å². The summed E-state index contributed by atoms with van der Waals surface area (Å²) in [7, 11) is 0.